The highest BCUT2D eigenvalue weighted by Crippen LogP contribution is 2.38. The average Bonchev–Trinajstić information content (AvgIpc) is 3.44. The minimum absolute atomic E-state index is 0.0514. The zero-order valence-electron chi connectivity index (χ0n) is 19.3. The zero-order chi connectivity index (χ0) is 24.3. The van der Waals surface area contributed by atoms with Crippen LogP contribution < -0.4 is 4.74 Å². The third-order valence-electron chi connectivity index (χ3n) is 7.08. The lowest BCUT2D eigenvalue weighted by atomic mass is 10.2. The molecule has 3 aromatic rings. The standard InChI is InChI=1S/C23H26BrFN6O3S/c1-35(32,33)31-17-4-5-18(31)13-29(12-17)11-15-8-16(25)9-26-23(15)34-20-7-6-19-22(21(20)24)27-28-30(19)10-14-2-3-14/h6-9,14,17-18H,2-5,10-13H2,1H3. The highest BCUT2D eigenvalue weighted by atomic mass is 79.9. The molecular weight excluding hydrogens is 539 g/mol. The van der Waals surface area contributed by atoms with Crippen LogP contribution >= 0.6 is 15.9 Å². The van der Waals surface area contributed by atoms with Crippen molar-refractivity contribution in [1.82, 2.24) is 29.2 Å². The first kappa shape index (κ1) is 23.3. The van der Waals surface area contributed by atoms with E-state index < -0.39 is 15.8 Å². The van der Waals surface area contributed by atoms with Crippen molar-refractivity contribution in [2.75, 3.05) is 19.3 Å². The van der Waals surface area contributed by atoms with Crippen LogP contribution in [0.4, 0.5) is 4.39 Å². The van der Waals surface area contributed by atoms with Crippen molar-refractivity contribution in [3.05, 3.63) is 40.2 Å². The van der Waals surface area contributed by atoms with Gasteiger partial charge in [-0.1, -0.05) is 5.21 Å². The highest BCUT2D eigenvalue weighted by Gasteiger charge is 2.44. The maximum Gasteiger partial charge on any atom is 0.223 e. The predicted molar refractivity (Wildman–Crippen MR) is 131 cm³/mol. The second kappa shape index (κ2) is 8.75. The summed E-state index contributed by atoms with van der Waals surface area (Å²) < 4.78 is 49.0. The molecular formula is C23H26BrFN6O3S. The monoisotopic (exact) mass is 564 g/mol. The van der Waals surface area contributed by atoms with Crippen LogP contribution in [0.15, 0.2) is 28.9 Å². The number of rotatable bonds is 7. The van der Waals surface area contributed by atoms with E-state index in [0.29, 0.717) is 52.7 Å². The lowest BCUT2D eigenvalue weighted by molar-refractivity contribution is 0.123. The molecule has 3 fully saturated rings. The maximum atomic E-state index is 14.2. The first-order chi connectivity index (χ1) is 16.8. The summed E-state index contributed by atoms with van der Waals surface area (Å²) in [5, 5.41) is 8.62. The number of benzene rings is 1. The fraction of sp³-hybridized carbons (Fsp3) is 0.522. The molecule has 1 aromatic carbocycles. The Labute approximate surface area is 211 Å². The highest BCUT2D eigenvalue weighted by molar-refractivity contribution is 9.10. The second-order valence-corrected chi connectivity index (χ2v) is 12.5. The quantitative estimate of drug-likeness (QED) is 0.433. The molecule has 2 aromatic heterocycles. The van der Waals surface area contributed by atoms with Gasteiger partial charge in [0.1, 0.15) is 17.1 Å². The van der Waals surface area contributed by atoms with E-state index in [-0.39, 0.29) is 12.1 Å². The van der Waals surface area contributed by atoms with Gasteiger partial charge in [-0.25, -0.2) is 22.5 Å². The minimum atomic E-state index is -3.25. The van der Waals surface area contributed by atoms with Crippen molar-refractivity contribution < 1.29 is 17.5 Å². The first-order valence-corrected chi connectivity index (χ1v) is 14.5. The van der Waals surface area contributed by atoms with Gasteiger partial charge in [-0.2, -0.15) is 4.31 Å². The SMILES string of the molecule is CS(=O)(=O)N1C2CCC1CN(Cc1cc(F)cnc1Oc1ccc3c(nnn3CC3CC3)c1Br)C2. The van der Waals surface area contributed by atoms with Crippen LogP contribution in [0.3, 0.4) is 0 Å². The molecule has 2 bridgehead atoms. The summed E-state index contributed by atoms with van der Waals surface area (Å²) in [5.74, 6) is 1.07. The molecule has 6 rings (SSSR count). The Balaban J connectivity index is 1.24. The van der Waals surface area contributed by atoms with Gasteiger partial charge < -0.3 is 4.74 Å². The number of fused-ring (bicyclic) bond motifs is 3. The molecule has 12 heteroatoms. The lowest BCUT2D eigenvalue weighted by Crippen LogP contribution is -2.55. The molecule has 0 spiro atoms. The first-order valence-electron chi connectivity index (χ1n) is 11.8. The summed E-state index contributed by atoms with van der Waals surface area (Å²) >= 11 is 3.61. The van der Waals surface area contributed by atoms with E-state index in [2.05, 4.69) is 36.1 Å². The molecule has 2 atom stereocenters. The Kier molecular flexibility index (Phi) is 5.82. The summed E-state index contributed by atoms with van der Waals surface area (Å²) in [4.78, 5) is 6.39. The van der Waals surface area contributed by atoms with Crippen molar-refractivity contribution in [1.29, 1.82) is 0 Å². The summed E-state index contributed by atoms with van der Waals surface area (Å²) in [6.45, 7) is 2.47. The van der Waals surface area contributed by atoms with Gasteiger partial charge in [-0.3, -0.25) is 4.90 Å². The Bertz CT molecular complexity index is 1380. The van der Waals surface area contributed by atoms with Gasteiger partial charge in [0.25, 0.3) is 0 Å². The number of sulfonamides is 1. The van der Waals surface area contributed by atoms with Crippen LogP contribution in [0, 0.1) is 11.7 Å². The Morgan fingerprint density at radius 1 is 1.17 bits per heavy atom. The molecule has 2 aliphatic heterocycles. The van der Waals surface area contributed by atoms with Gasteiger partial charge in [0.05, 0.1) is 22.4 Å². The van der Waals surface area contributed by atoms with Gasteiger partial charge in [0.15, 0.2) is 0 Å². The van der Waals surface area contributed by atoms with Crippen molar-refractivity contribution in [3.63, 3.8) is 0 Å². The molecule has 1 saturated carbocycles. The molecule has 2 saturated heterocycles. The van der Waals surface area contributed by atoms with Crippen molar-refractivity contribution >= 4 is 37.0 Å². The lowest BCUT2D eigenvalue weighted by Gasteiger charge is -2.39. The Morgan fingerprint density at radius 2 is 1.91 bits per heavy atom. The normalized spacial score (nSPS) is 23.3. The number of hydrogen-bond acceptors (Lipinski definition) is 7. The molecule has 4 heterocycles. The molecule has 3 aliphatic rings. The number of hydrogen-bond donors (Lipinski definition) is 0. The molecule has 9 nitrogen and oxygen atoms in total. The topological polar surface area (TPSA) is 93.5 Å². The molecule has 1 aliphatic carbocycles. The van der Waals surface area contributed by atoms with E-state index in [9.17, 15) is 12.8 Å². The fourth-order valence-electron chi connectivity index (χ4n) is 5.39. The number of nitrogens with zero attached hydrogens (tertiary/aromatic N) is 6. The van der Waals surface area contributed by atoms with Crippen LogP contribution in [0.1, 0.15) is 31.2 Å². The molecule has 186 valence electrons. The molecule has 2 unspecified atom stereocenters. The van der Waals surface area contributed by atoms with Crippen molar-refractivity contribution in [3.8, 4) is 11.6 Å². The van der Waals surface area contributed by atoms with Crippen LogP contribution in [-0.2, 0) is 23.1 Å². The summed E-state index contributed by atoms with van der Waals surface area (Å²) in [6.07, 6.45) is 6.56. The van der Waals surface area contributed by atoms with Gasteiger partial charge >= 0.3 is 0 Å². The summed E-state index contributed by atoms with van der Waals surface area (Å²) in [6, 6.07) is 5.11. The number of ether oxygens (including phenoxy) is 1. The number of pyridine rings is 1. The van der Waals surface area contributed by atoms with Gasteiger partial charge in [0, 0.05) is 43.8 Å². The number of piperazine rings is 1. The zero-order valence-corrected chi connectivity index (χ0v) is 21.7. The summed E-state index contributed by atoms with van der Waals surface area (Å²) in [5.41, 5.74) is 2.25. The molecule has 35 heavy (non-hydrogen) atoms. The largest absolute Gasteiger partial charge is 0.437 e. The second-order valence-electron chi connectivity index (χ2n) is 9.85. The fourth-order valence-corrected chi connectivity index (χ4v) is 7.31. The van der Waals surface area contributed by atoms with Crippen LogP contribution in [0.25, 0.3) is 11.0 Å². The van der Waals surface area contributed by atoms with E-state index in [1.165, 1.54) is 25.2 Å². The summed E-state index contributed by atoms with van der Waals surface area (Å²) in [7, 11) is -3.25. The van der Waals surface area contributed by atoms with E-state index in [4.69, 9.17) is 4.74 Å². The van der Waals surface area contributed by atoms with Crippen LogP contribution in [0.2, 0.25) is 0 Å². The van der Waals surface area contributed by atoms with Crippen LogP contribution in [0.5, 0.6) is 11.6 Å². The number of aromatic nitrogens is 4. The Hall–Kier alpha value is -2.15. The number of halogens is 2. The maximum absolute atomic E-state index is 14.2. The van der Waals surface area contributed by atoms with E-state index in [0.717, 1.165) is 31.1 Å². The number of likely N-dealkylation sites (tertiary alicyclic amines) is 1. The third kappa shape index (κ3) is 4.56. The molecule has 0 amide bonds. The smallest absolute Gasteiger partial charge is 0.223 e. The molecule has 0 radical (unpaired) electrons. The van der Waals surface area contributed by atoms with Crippen molar-refractivity contribution in [2.24, 2.45) is 5.92 Å². The molecule has 0 N–H and O–H groups in total. The van der Waals surface area contributed by atoms with Crippen molar-refractivity contribution in [2.45, 2.75) is 50.9 Å². The average molecular weight is 565 g/mol. The van der Waals surface area contributed by atoms with E-state index in [1.54, 1.807) is 4.31 Å². The predicted octanol–water partition coefficient (Wildman–Crippen LogP) is 3.54. The van der Waals surface area contributed by atoms with Crippen LogP contribution in [-0.4, -0.2) is 69.0 Å². The minimum Gasteiger partial charge on any atom is -0.437 e. The van der Waals surface area contributed by atoms with Gasteiger partial charge in [0.2, 0.25) is 15.9 Å². The third-order valence-corrected chi connectivity index (χ3v) is 9.21. The van der Waals surface area contributed by atoms with E-state index in [1.807, 2.05) is 16.8 Å². The van der Waals surface area contributed by atoms with Gasteiger partial charge in [-0.15, -0.1) is 5.10 Å². The van der Waals surface area contributed by atoms with Gasteiger partial charge in [-0.05, 0) is 65.7 Å². The van der Waals surface area contributed by atoms with E-state index >= 15 is 0 Å². The Morgan fingerprint density at radius 3 is 2.60 bits per heavy atom.